The van der Waals surface area contributed by atoms with Gasteiger partial charge in [-0.25, -0.2) is 0 Å². The highest BCUT2D eigenvalue weighted by Crippen LogP contribution is 2.53. The van der Waals surface area contributed by atoms with Gasteiger partial charge >= 0.3 is 0 Å². The SMILES string of the molecule is C.CCCCCCCCCCCCP(C)(Cc1ccc(CC)cc1)=NC.CCCc1ccc(CP(C)(C)=NC)cc1.CCCc1ccc(CP(C)(C)=NC)cc1.CCCc1ccc(CP(C)(CCCOCCOC)=NC)cc1.CCCc1ccc(CP(C)(Cc2ccccc2)=NC)cc1. The van der Waals surface area contributed by atoms with Crippen LogP contribution in [0.3, 0.4) is 0 Å². The lowest BCUT2D eigenvalue weighted by Crippen LogP contribution is -2.05. The number of aryl methyl sites for hydroxylation is 5. The maximum atomic E-state index is 5.56. The molecule has 0 aromatic heterocycles. The molecule has 0 radical (unpaired) electrons. The van der Waals surface area contributed by atoms with E-state index in [0.717, 1.165) is 56.4 Å². The number of unbranched alkanes of at least 4 members (excludes halogenated alkanes) is 9. The van der Waals surface area contributed by atoms with Gasteiger partial charge in [0.05, 0.1) is 13.2 Å². The van der Waals surface area contributed by atoms with Crippen molar-refractivity contribution in [1.29, 1.82) is 0 Å². The highest BCUT2D eigenvalue weighted by molar-refractivity contribution is 7.65. The van der Waals surface area contributed by atoms with E-state index < -0.39 is 35.3 Å². The molecule has 0 aliphatic heterocycles. The summed E-state index contributed by atoms with van der Waals surface area (Å²) in [5.74, 6) is 0. The van der Waals surface area contributed by atoms with Gasteiger partial charge in [-0.2, -0.15) is 0 Å². The van der Waals surface area contributed by atoms with Gasteiger partial charge in [0.2, 0.25) is 0 Å². The molecule has 0 heterocycles. The zero-order valence-corrected chi connectivity index (χ0v) is 70.6. The Hall–Kier alpha value is -3.61. The molecule has 0 aliphatic carbocycles. The molecule has 3 unspecified atom stereocenters. The summed E-state index contributed by atoms with van der Waals surface area (Å²) in [5.41, 5.74) is 15.8. The first-order valence-corrected chi connectivity index (χ1v) is 51.1. The van der Waals surface area contributed by atoms with E-state index in [-0.39, 0.29) is 7.43 Å². The van der Waals surface area contributed by atoms with Crippen molar-refractivity contribution in [2.75, 3.05) is 121 Å². The molecule has 3 atom stereocenters. The quantitative estimate of drug-likeness (QED) is 0.0285. The van der Waals surface area contributed by atoms with E-state index in [1.165, 1.54) is 189 Å². The number of rotatable bonds is 39. The van der Waals surface area contributed by atoms with E-state index in [1.807, 2.05) is 35.2 Å². The Balaban J connectivity index is 0.000000625. The number of hydrogen-bond donors (Lipinski definition) is 0. The van der Waals surface area contributed by atoms with Gasteiger partial charge in [-0.05, 0) is 200 Å². The molecule has 0 fully saturated rings. The summed E-state index contributed by atoms with van der Waals surface area (Å²) in [6.45, 7) is 31.9. The standard InChI is InChI=1S/C23H42NP.C19H26NP.C18H32NO2P.2C13H22NP.CH4/c1-5-7-8-9-10-11-12-13-14-15-20-25(4,24-3)21-23-18-16-22(6-2)17-19-23;1-4-8-17-11-13-19(14-12-17)16-21(3,20-2)15-18-9-6-5-7-10-18;1-5-7-17-8-10-18(11-9-17)16-22(4,19-2)15-6-12-21-14-13-20-3;2*1-5-6-12-7-9-13(10-8-12)11-15(3,4)14-2;/h16-19H,5-15,20-21H2,1-4H3;5-7,9-14H,4,8,15-16H2,1-3H3;8-11H,5-7,12-16H2,1-4H3;2*7-10H,5-6,11H2,1-4H3;1H4. The average Bonchev–Trinajstić information content (AvgIpc) is 0.890. The minimum atomic E-state index is -1.30. The summed E-state index contributed by atoms with van der Waals surface area (Å²) < 4.78 is 33.9. The van der Waals surface area contributed by atoms with Gasteiger partial charge in [0, 0.05) is 85.9 Å². The van der Waals surface area contributed by atoms with Gasteiger partial charge in [-0.1, -0.05) is 284 Å². The molecule has 0 spiro atoms. The van der Waals surface area contributed by atoms with Crippen molar-refractivity contribution in [2.24, 2.45) is 23.7 Å². The Bertz CT molecular complexity index is 3180. The molecule has 6 rings (SSSR count). The number of hydrogen-bond acceptors (Lipinski definition) is 7. The molecule has 7 nitrogen and oxygen atoms in total. The van der Waals surface area contributed by atoms with Crippen LogP contribution in [0.15, 0.2) is 175 Å². The van der Waals surface area contributed by atoms with Crippen LogP contribution in [0.5, 0.6) is 0 Å². The largest absolute Gasteiger partial charge is 0.382 e. The van der Waals surface area contributed by atoms with Gasteiger partial charge < -0.3 is 33.2 Å². The number of methoxy groups -OCH3 is 1. The molecule has 12 heteroatoms. The van der Waals surface area contributed by atoms with Crippen LogP contribution in [0.1, 0.15) is 206 Å². The summed E-state index contributed by atoms with van der Waals surface area (Å²) in [7, 11) is 5.81. The van der Waals surface area contributed by atoms with Gasteiger partial charge in [0.25, 0.3) is 0 Å². The van der Waals surface area contributed by atoms with E-state index >= 15 is 0 Å². The minimum absolute atomic E-state index is 0. The Morgan fingerprint density at radius 1 is 0.273 bits per heavy atom. The van der Waals surface area contributed by atoms with Gasteiger partial charge in [-0.15, -0.1) is 0 Å². The monoisotopic (exact) mass is 1450 g/mol. The zero-order valence-electron chi connectivity index (χ0n) is 66.1. The van der Waals surface area contributed by atoms with Crippen LogP contribution in [0.4, 0.5) is 0 Å². The molecule has 0 saturated carbocycles. The van der Waals surface area contributed by atoms with Gasteiger partial charge in [0.15, 0.2) is 0 Å². The zero-order chi connectivity index (χ0) is 72.4. The van der Waals surface area contributed by atoms with E-state index in [1.54, 1.807) is 7.11 Å². The number of ether oxygens (including phenoxy) is 2. The van der Waals surface area contributed by atoms with Crippen molar-refractivity contribution < 1.29 is 9.47 Å². The first-order chi connectivity index (χ1) is 47.1. The highest BCUT2D eigenvalue weighted by Gasteiger charge is 2.17. The molecule has 558 valence electrons. The smallest absolute Gasteiger partial charge is 0.0700 e. The summed E-state index contributed by atoms with van der Waals surface area (Å²) in [5, 5.41) is 0. The minimum Gasteiger partial charge on any atom is -0.382 e. The topological polar surface area (TPSA) is 80.3 Å². The predicted molar refractivity (Wildman–Crippen MR) is 460 cm³/mol. The van der Waals surface area contributed by atoms with Crippen molar-refractivity contribution in [3.63, 3.8) is 0 Å². The fourth-order valence-electron chi connectivity index (χ4n) is 11.9. The van der Waals surface area contributed by atoms with Crippen molar-refractivity contribution in [1.82, 2.24) is 0 Å². The molecule has 0 saturated heterocycles. The van der Waals surface area contributed by atoms with E-state index in [9.17, 15) is 0 Å². The number of nitrogens with zero attached hydrogens (tertiary/aromatic N) is 5. The van der Waals surface area contributed by atoms with Crippen LogP contribution >= 0.6 is 35.3 Å². The van der Waals surface area contributed by atoms with Crippen molar-refractivity contribution in [2.45, 2.75) is 214 Å². The Morgan fingerprint density at radius 3 is 0.859 bits per heavy atom. The Morgan fingerprint density at radius 2 is 0.556 bits per heavy atom. The molecule has 0 aliphatic rings. The molecule has 6 aromatic carbocycles. The van der Waals surface area contributed by atoms with Crippen LogP contribution < -0.4 is 0 Å². The number of benzene rings is 6. The second-order valence-corrected chi connectivity index (χ2v) is 48.0. The van der Waals surface area contributed by atoms with Crippen LogP contribution in [-0.4, -0.2) is 121 Å². The van der Waals surface area contributed by atoms with Crippen LogP contribution in [0, 0.1) is 0 Å². The molecule has 0 N–H and O–H groups in total. The molecule has 0 amide bonds. The van der Waals surface area contributed by atoms with Crippen LogP contribution in [0.2, 0.25) is 0 Å². The van der Waals surface area contributed by atoms with Crippen molar-refractivity contribution >= 4 is 35.3 Å². The Kier molecular flexibility index (Phi) is 51.9. The molecular formula is C87H148N5O2P5. The van der Waals surface area contributed by atoms with Gasteiger partial charge in [0.1, 0.15) is 0 Å². The van der Waals surface area contributed by atoms with E-state index in [2.05, 4.69) is 249 Å². The van der Waals surface area contributed by atoms with E-state index in [4.69, 9.17) is 23.7 Å². The molecular weight excluding hydrogens is 1300 g/mol. The second-order valence-electron chi connectivity index (χ2n) is 28.7. The lowest BCUT2D eigenvalue weighted by Gasteiger charge is -2.20. The summed E-state index contributed by atoms with van der Waals surface area (Å²) in [6.07, 6.45) is 35.2. The summed E-state index contributed by atoms with van der Waals surface area (Å²) in [4.78, 5) is 0. The first-order valence-electron chi connectivity index (χ1n) is 37.8. The lowest BCUT2D eigenvalue weighted by atomic mass is 10.1. The maximum absolute atomic E-state index is 5.56. The predicted octanol–water partition coefficient (Wildman–Crippen LogP) is 27.7. The summed E-state index contributed by atoms with van der Waals surface area (Å²) in [6, 6.07) is 56.3. The Labute approximate surface area is 613 Å². The lowest BCUT2D eigenvalue weighted by molar-refractivity contribution is 0.0712. The normalized spacial score (nSPS) is 12.9. The third-order valence-corrected chi connectivity index (χ3v) is 32.7. The van der Waals surface area contributed by atoms with Crippen molar-refractivity contribution in [3.8, 4) is 0 Å². The molecule has 6 aromatic rings. The maximum Gasteiger partial charge on any atom is 0.0700 e. The second kappa shape index (κ2) is 55.0. The molecule has 0 bridgehead atoms. The summed E-state index contributed by atoms with van der Waals surface area (Å²) >= 11 is 0. The van der Waals surface area contributed by atoms with Crippen LogP contribution in [0.25, 0.3) is 0 Å². The third kappa shape index (κ3) is 44.0. The van der Waals surface area contributed by atoms with Gasteiger partial charge in [-0.3, -0.25) is 0 Å². The first kappa shape index (κ1) is 93.4. The fraction of sp³-hybridized carbons (Fsp3) is 0.586. The third-order valence-electron chi connectivity index (χ3n) is 18.6. The van der Waals surface area contributed by atoms with Crippen molar-refractivity contribution in [3.05, 3.63) is 213 Å². The fourth-order valence-corrected chi connectivity index (χ4v) is 21.5. The van der Waals surface area contributed by atoms with E-state index in [0.29, 0.717) is 13.2 Å². The highest BCUT2D eigenvalue weighted by atomic mass is 31.2. The molecule has 99 heavy (non-hydrogen) atoms. The average molecular weight is 1450 g/mol. The van der Waals surface area contributed by atoms with Crippen LogP contribution in [-0.2, 0) is 78.5 Å².